The number of H-pyrrole nitrogens is 1. The van der Waals surface area contributed by atoms with Crippen molar-refractivity contribution in [2.45, 2.75) is 0 Å². The predicted octanol–water partition coefficient (Wildman–Crippen LogP) is 1.37. The summed E-state index contributed by atoms with van der Waals surface area (Å²) < 4.78 is 4.73. The Morgan fingerprint density at radius 1 is 1.62 bits per heavy atom. The Labute approximate surface area is 73.0 Å². The summed E-state index contributed by atoms with van der Waals surface area (Å²) in [4.78, 5) is 17.3. The number of aromatic carboxylic acids is 1. The minimum Gasteiger partial charge on any atom is -0.475 e. The van der Waals surface area contributed by atoms with Crippen LogP contribution in [0.1, 0.15) is 10.6 Å². The maximum Gasteiger partial charge on any atom is 0.374 e. The van der Waals surface area contributed by atoms with Crippen LogP contribution in [-0.4, -0.2) is 21.0 Å². The van der Waals surface area contributed by atoms with Crippen LogP contribution < -0.4 is 0 Å². The smallest absolute Gasteiger partial charge is 0.374 e. The number of aromatic amines is 1. The summed E-state index contributed by atoms with van der Waals surface area (Å²) in [5.74, 6) is -1.26. The summed E-state index contributed by atoms with van der Waals surface area (Å²) in [6.07, 6.45) is 4.46. The number of rotatable bonds is 2. The SMILES string of the molecule is O=C(O)c1ocnc1-c1cc[nH]c1. The third-order valence-corrected chi connectivity index (χ3v) is 1.63. The largest absolute Gasteiger partial charge is 0.475 e. The zero-order chi connectivity index (χ0) is 9.26. The minimum absolute atomic E-state index is 0.139. The molecule has 2 rings (SSSR count). The number of nitrogens with one attached hydrogen (secondary N) is 1. The van der Waals surface area contributed by atoms with E-state index in [-0.39, 0.29) is 5.76 Å². The summed E-state index contributed by atoms with van der Waals surface area (Å²) >= 11 is 0. The first-order chi connectivity index (χ1) is 6.29. The molecular weight excluding hydrogens is 172 g/mol. The molecule has 0 atom stereocenters. The molecule has 0 bridgehead atoms. The van der Waals surface area contributed by atoms with Gasteiger partial charge in [0.2, 0.25) is 5.76 Å². The quantitative estimate of drug-likeness (QED) is 0.727. The number of nitrogens with zero attached hydrogens (tertiary/aromatic N) is 1. The summed E-state index contributed by atoms with van der Waals surface area (Å²) in [6, 6.07) is 1.73. The van der Waals surface area contributed by atoms with E-state index in [2.05, 4.69) is 9.97 Å². The van der Waals surface area contributed by atoms with Gasteiger partial charge >= 0.3 is 5.97 Å². The van der Waals surface area contributed by atoms with Crippen molar-refractivity contribution in [1.29, 1.82) is 0 Å². The molecule has 2 aromatic heterocycles. The molecule has 2 N–H and O–H groups in total. The van der Waals surface area contributed by atoms with Crippen LogP contribution >= 0.6 is 0 Å². The number of carboxylic acids is 1. The van der Waals surface area contributed by atoms with E-state index in [1.807, 2.05) is 0 Å². The third kappa shape index (κ3) is 1.20. The first-order valence-corrected chi connectivity index (χ1v) is 3.59. The summed E-state index contributed by atoms with van der Waals surface area (Å²) in [7, 11) is 0. The fraction of sp³-hybridized carbons (Fsp3) is 0. The standard InChI is InChI=1S/C8H6N2O3/c11-8(12)7-6(10-4-13-7)5-1-2-9-3-5/h1-4,9H,(H,11,12). The van der Waals surface area contributed by atoms with Crippen LogP contribution in [-0.2, 0) is 0 Å². The molecule has 5 nitrogen and oxygen atoms in total. The monoisotopic (exact) mass is 178 g/mol. The van der Waals surface area contributed by atoms with Gasteiger partial charge in [0.15, 0.2) is 6.39 Å². The van der Waals surface area contributed by atoms with Crippen molar-refractivity contribution in [3.63, 3.8) is 0 Å². The van der Waals surface area contributed by atoms with E-state index in [0.29, 0.717) is 11.3 Å². The second-order valence-corrected chi connectivity index (χ2v) is 2.43. The Kier molecular flexibility index (Phi) is 1.63. The molecule has 0 aliphatic carbocycles. The zero-order valence-corrected chi connectivity index (χ0v) is 6.52. The van der Waals surface area contributed by atoms with Gasteiger partial charge in [0.25, 0.3) is 0 Å². The molecular formula is C8H6N2O3. The first kappa shape index (κ1) is 7.60. The number of oxazole rings is 1. The predicted molar refractivity (Wildman–Crippen MR) is 43.2 cm³/mol. The zero-order valence-electron chi connectivity index (χ0n) is 6.52. The first-order valence-electron chi connectivity index (χ1n) is 3.59. The topological polar surface area (TPSA) is 79.1 Å². The maximum atomic E-state index is 10.6. The normalized spacial score (nSPS) is 10.2. The van der Waals surface area contributed by atoms with Crippen molar-refractivity contribution < 1.29 is 14.3 Å². The summed E-state index contributed by atoms with van der Waals surface area (Å²) in [6.45, 7) is 0. The van der Waals surface area contributed by atoms with E-state index in [1.54, 1.807) is 18.5 Å². The molecule has 0 aromatic carbocycles. The molecule has 0 unspecified atom stereocenters. The molecule has 66 valence electrons. The van der Waals surface area contributed by atoms with Crippen molar-refractivity contribution >= 4 is 5.97 Å². The Bertz CT molecular complexity index is 416. The van der Waals surface area contributed by atoms with Gasteiger partial charge in [0, 0.05) is 18.0 Å². The van der Waals surface area contributed by atoms with Crippen LogP contribution in [0.15, 0.2) is 29.3 Å². The lowest BCUT2D eigenvalue weighted by atomic mass is 10.2. The van der Waals surface area contributed by atoms with Gasteiger partial charge in [-0.25, -0.2) is 9.78 Å². The number of hydrogen-bond donors (Lipinski definition) is 2. The van der Waals surface area contributed by atoms with Gasteiger partial charge in [-0.1, -0.05) is 0 Å². The molecule has 0 saturated carbocycles. The fourth-order valence-corrected chi connectivity index (χ4v) is 1.07. The molecule has 2 heterocycles. The highest BCUT2D eigenvalue weighted by Crippen LogP contribution is 2.20. The lowest BCUT2D eigenvalue weighted by Gasteiger charge is -1.90. The Morgan fingerprint density at radius 3 is 3.08 bits per heavy atom. The maximum absolute atomic E-state index is 10.6. The Morgan fingerprint density at radius 2 is 2.46 bits per heavy atom. The molecule has 0 aliphatic heterocycles. The van der Waals surface area contributed by atoms with E-state index >= 15 is 0 Å². The molecule has 2 aromatic rings. The van der Waals surface area contributed by atoms with Gasteiger partial charge in [0.05, 0.1) is 0 Å². The molecule has 0 radical (unpaired) electrons. The molecule has 0 aliphatic rings. The molecule has 0 saturated heterocycles. The van der Waals surface area contributed by atoms with E-state index in [4.69, 9.17) is 9.52 Å². The summed E-state index contributed by atoms with van der Waals surface area (Å²) in [5.41, 5.74) is 1.04. The number of hydrogen-bond acceptors (Lipinski definition) is 3. The van der Waals surface area contributed by atoms with Crippen LogP contribution in [0.2, 0.25) is 0 Å². The van der Waals surface area contributed by atoms with E-state index in [1.165, 1.54) is 0 Å². The van der Waals surface area contributed by atoms with Crippen molar-refractivity contribution in [3.05, 3.63) is 30.6 Å². The highest BCUT2D eigenvalue weighted by atomic mass is 16.4. The second-order valence-electron chi connectivity index (χ2n) is 2.43. The number of carboxylic acid groups (broad SMARTS) is 1. The van der Waals surface area contributed by atoms with Gasteiger partial charge in [-0.2, -0.15) is 0 Å². The summed E-state index contributed by atoms with van der Waals surface area (Å²) in [5, 5.41) is 8.71. The van der Waals surface area contributed by atoms with E-state index in [9.17, 15) is 4.79 Å². The van der Waals surface area contributed by atoms with Crippen molar-refractivity contribution in [2.24, 2.45) is 0 Å². The van der Waals surface area contributed by atoms with Crippen LogP contribution in [0.4, 0.5) is 0 Å². The molecule has 0 spiro atoms. The van der Waals surface area contributed by atoms with Crippen LogP contribution in [0, 0.1) is 0 Å². The van der Waals surface area contributed by atoms with Crippen LogP contribution in [0.25, 0.3) is 11.3 Å². The molecule has 0 amide bonds. The van der Waals surface area contributed by atoms with Gasteiger partial charge in [-0.3, -0.25) is 0 Å². The average Bonchev–Trinajstić information content (AvgIpc) is 2.74. The van der Waals surface area contributed by atoms with E-state index in [0.717, 1.165) is 6.39 Å². The Balaban J connectivity index is 2.52. The minimum atomic E-state index is -1.12. The van der Waals surface area contributed by atoms with Crippen LogP contribution in [0.3, 0.4) is 0 Å². The third-order valence-electron chi connectivity index (χ3n) is 1.63. The van der Waals surface area contributed by atoms with Crippen molar-refractivity contribution in [1.82, 2.24) is 9.97 Å². The number of carbonyl (C=O) groups is 1. The number of aromatic nitrogens is 2. The van der Waals surface area contributed by atoms with Gasteiger partial charge < -0.3 is 14.5 Å². The highest BCUT2D eigenvalue weighted by Gasteiger charge is 2.16. The van der Waals surface area contributed by atoms with E-state index < -0.39 is 5.97 Å². The average molecular weight is 178 g/mol. The molecule has 13 heavy (non-hydrogen) atoms. The van der Waals surface area contributed by atoms with Crippen LogP contribution in [0.5, 0.6) is 0 Å². The Hall–Kier alpha value is -2.04. The molecule has 0 fully saturated rings. The van der Waals surface area contributed by atoms with Gasteiger partial charge in [-0.15, -0.1) is 0 Å². The lowest BCUT2D eigenvalue weighted by molar-refractivity contribution is 0.0663. The van der Waals surface area contributed by atoms with Crippen molar-refractivity contribution in [2.75, 3.05) is 0 Å². The van der Waals surface area contributed by atoms with Gasteiger partial charge in [0.1, 0.15) is 5.69 Å². The highest BCUT2D eigenvalue weighted by molar-refractivity contribution is 5.91. The lowest BCUT2D eigenvalue weighted by Crippen LogP contribution is -1.95. The fourth-order valence-electron chi connectivity index (χ4n) is 1.07. The second kappa shape index (κ2) is 2.78. The molecule has 5 heteroatoms. The van der Waals surface area contributed by atoms with Crippen molar-refractivity contribution in [3.8, 4) is 11.3 Å². The van der Waals surface area contributed by atoms with Gasteiger partial charge in [-0.05, 0) is 6.07 Å².